The van der Waals surface area contributed by atoms with Gasteiger partial charge < -0.3 is 9.80 Å². The van der Waals surface area contributed by atoms with Crippen LogP contribution in [-0.2, 0) is 21.9 Å². The number of halogens is 3. The van der Waals surface area contributed by atoms with E-state index in [4.69, 9.17) is 0 Å². The summed E-state index contributed by atoms with van der Waals surface area (Å²) in [7, 11) is 0. The molecule has 0 amide bonds. The number of anilines is 1. The van der Waals surface area contributed by atoms with Gasteiger partial charge >= 0.3 is 6.18 Å². The van der Waals surface area contributed by atoms with Crippen LogP contribution >= 0.6 is 0 Å². The molecule has 4 rings (SSSR count). The second-order valence-corrected chi connectivity index (χ2v) is 9.46. The largest absolute Gasteiger partial charge is 0.416 e. The number of likely N-dealkylation sites (tertiary alicyclic amines) is 1. The average molecular weight is 431 g/mol. The van der Waals surface area contributed by atoms with Gasteiger partial charge in [-0.1, -0.05) is 38.1 Å². The third kappa shape index (κ3) is 3.75. The Kier molecular flexibility index (Phi) is 5.41. The van der Waals surface area contributed by atoms with E-state index in [0.29, 0.717) is 18.8 Å². The number of fused-ring (bicyclic) bond motifs is 1. The number of alkyl halides is 3. The molecule has 31 heavy (non-hydrogen) atoms. The van der Waals surface area contributed by atoms with E-state index in [2.05, 4.69) is 29.7 Å². The summed E-state index contributed by atoms with van der Waals surface area (Å²) < 4.78 is 39.5. The van der Waals surface area contributed by atoms with Gasteiger partial charge in [-0.05, 0) is 68.2 Å². The van der Waals surface area contributed by atoms with Crippen molar-refractivity contribution in [3.05, 3.63) is 65.2 Å². The van der Waals surface area contributed by atoms with E-state index in [1.807, 2.05) is 18.2 Å². The Morgan fingerprint density at radius 2 is 1.55 bits per heavy atom. The molecule has 166 valence electrons. The lowest BCUT2D eigenvalue weighted by atomic mass is 9.68. The zero-order chi connectivity index (χ0) is 22.4. The van der Waals surface area contributed by atoms with E-state index < -0.39 is 17.3 Å². The fourth-order valence-electron chi connectivity index (χ4n) is 5.26. The van der Waals surface area contributed by atoms with E-state index >= 15 is 0 Å². The molecule has 1 fully saturated rings. The highest BCUT2D eigenvalue weighted by Gasteiger charge is 2.52. The summed E-state index contributed by atoms with van der Waals surface area (Å²) in [6.07, 6.45) is -2.19. The van der Waals surface area contributed by atoms with Crippen molar-refractivity contribution >= 4 is 11.5 Å². The highest BCUT2D eigenvalue weighted by molar-refractivity contribution is 5.93. The first kappa shape index (κ1) is 21.9. The van der Waals surface area contributed by atoms with Gasteiger partial charge in [-0.3, -0.25) is 4.79 Å². The smallest absolute Gasteiger partial charge is 0.353 e. The van der Waals surface area contributed by atoms with E-state index in [1.54, 1.807) is 6.92 Å². The maximum atomic E-state index is 13.4. The number of hydrogen-bond donors (Lipinski definition) is 0. The lowest BCUT2D eigenvalue weighted by Crippen LogP contribution is -2.63. The predicted octanol–water partition coefficient (Wildman–Crippen LogP) is 5.38. The van der Waals surface area contributed by atoms with Crippen LogP contribution in [-0.4, -0.2) is 36.9 Å². The Bertz CT molecular complexity index is 961. The van der Waals surface area contributed by atoms with Crippen LogP contribution in [0.3, 0.4) is 0 Å². The molecule has 0 aliphatic carbocycles. The summed E-state index contributed by atoms with van der Waals surface area (Å²) >= 11 is 0. The quantitative estimate of drug-likeness (QED) is 0.650. The molecule has 2 heterocycles. The van der Waals surface area contributed by atoms with Crippen LogP contribution < -0.4 is 4.90 Å². The van der Waals surface area contributed by atoms with E-state index in [1.165, 1.54) is 12.1 Å². The molecular weight excluding hydrogens is 401 g/mol. The third-order valence-corrected chi connectivity index (χ3v) is 6.86. The number of benzene rings is 2. The summed E-state index contributed by atoms with van der Waals surface area (Å²) in [5.74, 6) is 0.0160. The minimum absolute atomic E-state index is 0.0160. The van der Waals surface area contributed by atoms with Crippen LogP contribution in [0.25, 0.3) is 0 Å². The van der Waals surface area contributed by atoms with E-state index in [9.17, 15) is 18.0 Å². The first-order valence-corrected chi connectivity index (χ1v) is 10.8. The Balaban J connectivity index is 1.89. The zero-order valence-corrected chi connectivity index (χ0v) is 18.3. The van der Waals surface area contributed by atoms with Gasteiger partial charge in [0.2, 0.25) is 0 Å². The molecule has 0 saturated carbocycles. The molecule has 6 heteroatoms. The number of hydrogen-bond acceptors (Lipinski definition) is 3. The maximum Gasteiger partial charge on any atom is 0.416 e. The third-order valence-electron chi connectivity index (χ3n) is 6.86. The zero-order valence-electron chi connectivity index (χ0n) is 18.3. The second-order valence-electron chi connectivity index (χ2n) is 9.46. The van der Waals surface area contributed by atoms with Gasteiger partial charge in [-0.15, -0.1) is 0 Å². The minimum atomic E-state index is -4.39. The van der Waals surface area contributed by atoms with Crippen LogP contribution in [0.5, 0.6) is 0 Å². The molecule has 0 bridgehead atoms. The molecule has 3 nitrogen and oxygen atoms in total. The average Bonchev–Trinajstić information content (AvgIpc) is 3.22. The Labute approximate surface area is 181 Å². The van der Waals surface area contributed by atoms with Crippen molar-refractivity contribution < 1.29 is 18.0 Å². The van der Waals surface area contributed by atoms with Crippen molar-refractivity contribution in [3.8, 4) is 0 Å². The Morgan fingerprint density at radius 1 is 0.968 bits per heavy atom. The highest BCUT2D eigenvalue weighted by Crippen LogP contribution is 2.47. The molecule has 2 aliphatic heterocycles. The second kappa shape index (κ2) is 7.66. The molecule has 1 unspecified atom stereocenters. The van der Waals surface area contributed by atoms with Gasteiger partial charge in [0.1, 0.15) is 5.54 Å². The molecule has 2 aliphatic rings. The van der Waals surface area contributed by atoms with Crippen LogP contribution in [0.15, 0.2) is 48.5 Å². The lowest BCUT2D eigenvalue weighted by Gasteiger charge is -2.54. The van der Waals surface area contributed by atoms with Gasteiger partial charge in [0.05, 0.1) is 5.56 Å². The molecule has 2 aromatic rings. The summed E-state index contributed by atoms with van der Waals surface area (Å²) in [6, 6.07) is 13.3. The summed E-state index contributed by atoms with van der Waals surface area (Å²) in [5.41, 5.74) is 0.864. The van der Waals surface area contributed by atoms with E-state index in [0.717, 1.165) is 49.2 Å². The number of carbonyl (C=O) groups is 1. The molecule has 1 atom stereocenters. The van der Waals surface area contributed by atoms with Gasteiger partial charge in [-0.2, -0.15) is 13.2 Å². The van der Waals surface area contributed by atoms with Crippen molar-refractivity contribution in [1.29, 1.82) is 0 Å². The molecule has 0 aromatic heterocycles. The van der Waals surface area contributed by atoms with Crippen molar-refractivity contribution in [2.45, 2.75) is 50.7 Å². The van der Waals surface area contributed by atoms with Crippen molar-refractivity contribution in [1.82, 2.24) is 4.90 Å². The van der Waals surface area contributed by atoms with Gasteiger partial charge in [-0.25, -0.2) is 0 Å². The fourth-order valence-corrected chi connectivity index (χ4v) is 5.26. The van der Waals surface area contributed by atoms with Gasteiger partial charge in [0, 0.05) is 24.2 Å². The van der Waals surface area contributed by atoms with Crippen LogP contribution in [0.4, 0.5) is 18.9 Å². The van der Waals surface area contributed by atoms with Gasteiger partial charge in [0.25, 0.3) is 0 Å². The van der Waals surface area contributed by atoms with Crippen molar-refractivity contribution in [2.75, 3.05) is 31.1 Å². The maximum absolute atomic E-state index is 13.4. The molecular formula is C25H29F3N2O. The molecule has 0 spiro atoms. The normalized spacial score (nSPS) is 23.6. The number of rotatable bonds is 4. The Hall–Kier alpha value is -2.34. The van der Waals surface area contributed by atoms with Crippen LogP contribution in [0.2, 0.25) is 0 Å². The minimum Gasteiger partial charge on any atom is -0.353 e. The Morgan fingerprint density at radius 3 is 2.10 bits per heavy atom. The molecule has 1 saturated heterocycles. The SMILES string of the molecule is CC(=O)C1(CN2CCCC2)c2ccccc2C(C)(C)CN1c1ccc(C(F)(F)F)cc1. The molecule has 0 N–H and O–H groups in total. The monoisotopic (exact) mass is 430 g/mol. The van der Waals surface area contributed by atoms with Gasteiger partial charge in [0.15, 0.2) is 5.78 Å². The highest BCUT2D eigenvalue weighted by atomic mass is 19.4. The number of Topliss-reactive ketones (excluding diaryl/α,β-unsaturated/α-hetero) is 1. The number of carbonyl (C=O) groups excluding carboxylic acids is 1. The summed E-state index contributed by atoms with van der Waals surface area (Å²) in [5, 5.41) is 0. The first-order valence-electron chi connectivity index (χ1n) is 10.8. The van der Waals surface area contributed by atoms with Crippen LogP contribution in [0, 0.1) is 0 Å². The topological polar surface area (TPSA) is 23.6 Å². The predicted molar refractivity (Wildman–Crippen MR) is 116 cm³/mol. The molecule has 2 aromatic carbocycles. The van der Waals surface area contributed by atoms with Crippen molar-refractivity contribution in [3.63, 3.8) is 0 Å². The first-order chi connectivity index (χ1) is 14.6. The fraction of sp³-hybridized carbons (Fsp3) is 0.480. The lowest BCUT2D eigenvalue weighted by molar-refractivity contribution is -0.137. The van der Waals surface area contributed by atoms with E-state index in [-0.39, 0.29) is 11.2 Å². The summed E-state index contributed by atoms with van der Waals surface area (Å²) in [4.78, 5) is 17.8. The summed E-state index contributed by atoms with van der Waals surface area (Å²) in [6.45, 7) is 8.82. The number of nitrogens with zero attached hydrogens (tertiary/aromatic N) is 2. The standard InChI is InChI=1S/C25H29F3N2O/c1-18(31)24(17-29-14-6-7-15-29)22-9-5-4-8-21(22)23(2,3)16-30(24)20-12-10-19(11-13-20)25(26,27)28/h4-5,8-13H,6-7,14-17H2,1-3H3. The van der Waals surface area contributed by atoms with Crippen LogP contribution in [0.1, 0.15) is 50.3 Å². The molecule has 0 radical (unpaired) electrons. The van der Waals surface area contributed by atoms with Crippen molar-refractivity contribution in [2.24, 2.45) is 0 Å². The number of ketones is 1.